The third kappa shape index (κ3) is 4.25. The predicted molar refractivity (Wildman–Crippen MR) is 90.2 cm³/mol. The number of carbonyl (C=O) groups is 1. The van der Waals surface area contributed by atoms with Gasteiger partial charge in [0.2, 0.25) is 0 Å². The quantitative estimate of drug-likeness (QED) is 0.453. The molecule has 0 aliphatic heterocycles. The first-order valence-electron chi connectivity index (χ1n) is 6.73. The Kier molecular flexibility index (Phi) is 5.23. The summed E-state index contributed by atoms with van der Waals surface area (Å²) in [6, 6.07) is 13.4. The molecule has 0 aliphatic carbocycles. The summed E-state index contributed by atoms with van der Waals surface area (Å²) in [7, 11) is 0. The minimum absolute atomic E-state index is 0.0728. The summed E-state index contributed by atoms with van der Waals surface area (Å²) in [6.07, 6.45) is 1.29. The molecule has 0 bridgehead atoms. The van der Waals surface area contributed by atoms with Gasteiger partial charge in [-0.1, -0.05) is 29.8 Å². The van der Waals surface area contributed by atoms with Crippen LogP contribution in [0, 0.1) is 18.3 Å². The maximum atomic E-state index is 12.1. The van der Waals surface area contributed by atoms with E-state index in [1.807, 2.05) is 19.1 Å². The minimum atomic E-state index is -0.625. The zero-order chi connectivity index (χ0) is 16.8. The highest BCUT2D eigenvalue weighted by Gasteiger charge is 2.11. The highest BCUT2D eigenvalue weighted by atomic mass is 35.5. The average molecular weight is 328 g/mol. The van der Waals surface area contributed by atoms with Crippen molar-refractivity contribution in [1.82, 2.24) is 0 Å². The van der Waals surface area contributed by atoms with Crippen molar-refractivity contribution in [2.75, 3.05) is 10.6 Å². The van der Waals surface area contributed by atoms with Gasteiger partial charge < -0.3 is 15.7 Å². The van der Waals surface area contributed by atoms with Gasteiger partial charge in [-0.15, -0.1) is 0 Å². The van der Waals surface area contributed by atoms with Crippen LogP contribution in [0.25, 0.3) is 0 Å². The van der Waals surface area contributed by atoms with Crippen molar-refractivity contribution in [3.63, 3.8) is 0 Å². The molecule has 0 aromatic heterocycles. The number of halogens is 1. The zero-order valence-electron chi connectivity index (χ0n) is 12.3. The van der Waals surface area contributed by atoms with Crippen molar-refractivity contribution in [3.05, 3.63) is 64.8 Å². The van der Waals surface area contributed by atoms with Crippen LogP contribution in [0.5, 0.6) is 5.75 Å². The number of phenols is 1. The van der Waals surface area contributed by atoms with E-state index in [0.29, 0.717) is 10.7 Å². The molecule has 0 saturated carbocycles. The fraction of sp³-hybridized carbons (Fsp3) is 0.0588. The topological polar surface area (TPSA) is 85.2 Å². The largest absolute Gasteiger partial charge is 0.506 e. The number of aromatic hydroxyl groups is 1. The summed E-state index contributed by atoms with van der Waals surface area (Å²) in [4.78, 5) is 12.1. The van der Waals surface area contributed by atoms with Gasteiger partial charge in [0, 0.05) is 16.9 Å². The standard InChI is InChI=1S/C17H14ClN3O2/c1-11-6-7-13(8-14(11)18)20-10-12(9-19)17(23)21-15-4-2-3-5-16(15)22/h2-8,10,20,22H,1H3,(H,21,23)/b12-10-. The fourth-order valence-corrected chi connectivity index (χ4v) is 1.94. The van der Waals surface area contributed by atoms with E-state index < -0.39 is 5.91 Å². The monoisotopic (exact) mass is 327 g/mol. The van der Waals surface area contributed by atoms with Crippen LogP contribution >= 0.6 is 11.6 Å². The van der Waals surface area contributed by atoms with Crippen molar-refractivity contribution in [1.29, 1.82) is 5.26 Å². The molecule has 0 spiro atoms. The lowest BCUT2D eigenvalue weighted by atomic mass is 10.2. The van der Waals surface area contributed by atoms with Gasteiger partial charge in [-0.05, 0) is 36.8 Å². The summed E-state index contributed by atoms with van der Waals surface area (Å²) in [5, 5.41) is 24.7. The molecule has 0 heterocycles. The number of aryl methyl sites for hydroxylation is 1. The Hall–Kier alpha value is -2.97. The summed E-state index contributed by atoms with van der Waals surface area (Å²) in [6.45, 7) is 1.88. The lowest BCUT2D eigenvalue weighted by Crippen LogP contribution is -2.14. The summed E-state index contributed by atoms with van der Waals surface area (Å²) < 4.78 is 0. The van der Waals surface area contributed by atoms with Crippen molar-refractivity contribution in [2.24, 2.45) is 0 Å². The SMILES string of the molecule is Cc1ccc(N/C=C(/C#N)C(=O)Nc2ccccc2O)cc1Cl. The first-order chi connectivity index (χ1) is 11.0. The van der Waals surface area contributed by atoms with Crippen molar-refractivity contribution < 1.29 is 9.90 Å². The highest BCUT2D eigenvalue weighted by molar-refractivity contribution is 6.31. The van der Waals surface area contributed by atoms with Crippen LogP contribution < -0.4 is 10.6 Å². The number of amides is 1. The van der Waals surface area contributed by atoms with Gasteiger partial charge in [-0.2, -0.15) is 5.26 Å². The van der Waals surface area contributed by atoms with Crippen molar-refractivity contribution in [3.8, 4) is 11.8 Å². The number of para-hydroxylation sites is 2. The number of anilines is 2. The molecule has 6 heteroatoms. The number of hydrogen-bond donors (Lipinski definition) is 3. The molecule has 5 nitrogen and oxygen atoms in total. The van der Waals surface area contributed by atoms with E-state index in [4.69, 9.17) is 16.9 Å². The third-order valence-electron chi connectivity index (χ3n) is 3.07. The van der Waals surface area contributed by atoms with E-state index in [0.717, 1.165) is 5.56 Å². The van der Waals surface area contributed by atoms with Crippen LogP contribution in [-0.4, -0.2) is 11.0 Å². The van der Waals surface area contributed by atoms with Gasteiger partial charge in [0.25, 0.3) is 5.91 Å². The summed E-state index contributed by atoms with van der Waals surface area (Å²) in [5.41, 5.74) is 1.68. The van der Waals surface area contributed by atoms with E-state index in [-0.39, 0.29) is 17.0 Å². The van der Waals surface area contributed by atoms with Crippen LogP contribution in [0.4, 0.5) is 11.4 Å². The molecule has 0 aliphatic rings. The van der Waals surface area contributed by atoms with Crippen LogP contribution in [0.15, 0.2) is 54.2 Å². The molecule has 23 heavy (non-hydrogen) atoms. The molecule has 1 amide bonds. The molecule has 116 valence electrons. The average Bonchev–Trinajstić information content (AvgIpc) is 2.53. The Balaban J connectivity index is 2.12. The van der Waals surface area contributed by atoms with Gasteiger partial charge in [0.05, 0.1) is 5.69 Å². The predicted octanol–water partition coefficient (Wildman–Crippen LogP) is 3.81. The summed E-state index contributed by atoms with van der Waals surface area (Å²) >= 11 is 6.02. The normalized spacial score (nSPS) is 10.7. The molecule has 0 fully saturated rings. The Morgan fingerprint density at radius 3 is 2.70 bits per heavy atom. The number of rotatable bonds is 4. The lowest BCUT2D eigenvalue weighted by Gasteiger charge is -2.07. The zero-order valence-corrected chi connectivity index (χ0v) is 13.1. The van der Waals surface area contributed by atoms with Crippen LogP contribution in [-0.2, 0) is 4.79 Å². The second-order valence-corrected chi connectivity index (χ2v) is 5.16. The van der Waals surface area contributed by atoms with Gasteiger partial charge in [0.1, 0.15) is 17.4 Å². The van der Waals surface area contributed by atoms with E-state index >= 15 is 0 Å². The van der Waals surface area contributed by atoms with Crippen molar-refractivity contribution >= 4 is 28.9 Å². The number of nitrogens with zero attached hydrogens (tertiary/aromatic N) is 1. The third-order valence-corrected chi connectivity index (χ3v) is 3.48. The second-order valence-electron chi connectivity index (χ2n) is 4.75. The molecule has 0 unspecified atom stereocenters. The van der Waals surface area contributed by atoms with E-state index in [2.05, 4.69) is 10.6 Å². The number of hydrogen-bond acceptors (Lipinski definition) is 4. The minimum Gasteiger partial charge on any atom is -0.506 e. The Labute approximate surface area is 138 Å². The number of nitriles is 1. The Morgan fingerprint density at radius 2 is 2.04 bits per heavy atom. The Bertz CT molecular complexity index is 810. The smallest absolute Gasteiger partial charge is 0.267 e. The maximum absolute atomic E-state index is 12.1. The van der Waals surface area contributed by atoms with Crippen LogP contribution in [0.3, 0.4) is 0 Å². The van der Waals surface area contributed by atoms with E-state index in [1.165, 1.54) is 18.3 Å². The highest BCUT2D eigenvalue weighted by Crippen LogP contribution is 2.22. The van der Waals surface area contributed by atoms with Gasteiger partial charge >= 0.3 is 0 Å². The summed E-state index contributed by atoms with van der Waals surface area (Å²) in [5.74, 6) is -0.698. The lowest BCUT2D eigenvalue weighted by molar-refractivity contribution is -0.112. The molecule has 0 atom stereocenters. The first kappa shape index (κ1) is 16.4. The molecule has 3 N–H and O–H groups in total. The molecular formula is C17H14ClN3O2. The first-order valence-corrected chi connectivity index (χ1v) is 7.11. The fourth-order valence-electron chi connectivity index (χ4n) is 1.76. The molecular weight excluding hydrogens is 314 g/mol. The number of carbonyl (C=O) groups excluding carboxylic acids is 1. The van der Waals surface area contributed by atoms with Gasteiger partial charge in [-0.3, -0.25) is 4.79 Å². The number of nitrogens with one attached hydrogen (secondary N) is 2. The van der Waals surface area contributed by atoms with Crippen LogP contribution in [0.1, 0.15) is 5.56 Å². The molecule has 2 aromatic rings. The maximum Gasteiger partial charge on any atom is 0.267 e. The molecule has 2 aromatic carbocycles. The molecule has 0 radical (unpaired) electrons. The van der Waals surface area contributed by atoms with Crippen molar-refractivity contribution in [2.45, 2.75) is 6.92 Å². The van der Waals surface area contributed by atoms with Gasteiger partial charge in [0.15, 0.2) is 0 Å². The van der Waals surface area contributed by atoms with Crippen LogP contribution in [0.2, 0.25) is 5.02 Å². The molecule has 0 saturated heterocycles. The molecule has 2 rings (SSSR count). The van der Waals surface area contributed by atoms with Gasteiger partial charge in [-0.25, -0.2) is 0 Å². The van der Waals surface area contributed by atoms with E-state index in [9.17, 15) is 9.90 Å². The second kappa shape index (κ2) is 7.34. The Morgan fingerprint density at radius 1 is 1.30 bits per heavy atom. The number of phenolic OH excluding ortho intramolecular Hbond substituents is 1. The number of benzene rings is 2. The van der Waals surface area contributed by atoms with E-state index in [1.54, 1.807) is 24.3 Å².